The van der Waals surface area contributed by atoms with E-state index >= 15 is 0 Å². The zero-order valence-electron chi connectivity index (χ0n) is 10.0. The maximum atomic E-state index is 12.2. The quantitative estimate of drug-likeness (QED) is 0.429. The maximum Gasteiger partial charge on any atom is 0.573 e. The minimum atomic E-state index is -4.64. The summed E-state index contributed by atoms with van der Waals surface area (Å²) in [5, 5.41) is 0. The van der Waals surface area contributed by atoms with Crippen LogP contribution >= 0.6 is 0 Å². The van der Waals surface area contributed by atoms with Crippen molar-refractivity contribution in [1.29, 1.82) is 0 Å². The average Bonchev–Trinajstić information content (AvgIpc) is 2.17. The van der Waals surface area contributed by atoms with Gasteiger partial charge in [0.15, 0.2) is 0 Å². The summed E-state index contributed by atoms with van der Waals surface area (Å²) < 4.78 is 40.8. The molecule has 0 radical (unpaired) electrons. The van der Waals surface area contributed by atoms with Crippen molar-refractivity contribution in [2.24, 2.45) is 0 Å². The molecule has 0 spiro atoms. The third-order valence-corrected chi connectivity index (χ3v) is 3.15. The van der Waals surface area contributed by atoms with E-state index in [9.17, 15) is 13.2 Å². The molecule has 1 aromatic carbocycles. The second kappa shape index (κ2) is 4.19. The number of benzene rings is 1. The van der Waals surface area contributed by atoms with E-state index in [1.165, 1.54) is 0 Å². The summed E-state index contributed by atoms with van der Waals surface area (Å²) in [7, 11) is 8.81. The van der Waals surface area contributed by atoms with E-state index in [0.29, 0.717) is 10.9 Å². The highest BCUT2D eigenvalue weighted by Gasteiger charge is 2.32. The molecular formula is C7H10B5F3O. The van der Waals surface area contributed by atoms with Gasteiger partial charge in [0.2, 0.25) is 0 Å². The number of alkyl halides is 3. The molecule has 1 aromatic rings. The van der Waals surface area contributed by atoms with E-state index in [1.54, 1.807) is 31.4 Å². The van der Waals surface area contributed by atoms with E-state index in [1.807, 2.05) is 7.85 Å². The van der Waals surface area contributed by atoms with Crippen LogP contribution in [-0.4, -0.2) is 45.6 Å². The van der Waals surface area contributed by atoms with Gasteiger partial charge in [0, 0.05) is 0 Å². The largest absolute Gasteiger partial charge is 0.573 e. The summed E-state index contributed by atoms with van der Waals surface area (Å²) in [5.41, 5.74) is 3.82. The van der Waals surface area contributed by atoms with Crippen LogP contribution in [0.5, 0.6) is 5.75 Å². The molecule has 0 aliphatic heterocycles. The first-order valence-electron chi connectivity index (χ1n) is 4.98. The molecule has 0 aliphatic carbocycles. The SMILES string of the molecule is Bc1c(B)c(B)c(OC(F)(F)F)c(B)c1B. The molecule has 0 heterocycles. The summed E-state index contributed by atoms with van der Waals surface area (Å²) >= 11 is 0. The normalized spacial score (nSPS) is 11.4. The zero-order valence-corrected chi connectivity index (χ0v) is 10.0. The molecule has 1 rings (SSSR count). The van der Waals surface area contributed by atoms with Crippen LogP contribution in [-0.2, 0) is 0 Å². The standard InChI is InChI=1S/C7H10B5F3O/c8-1-2(9)4(11)6(5(12)3(1)10)16-7(13,14)15/h8-12H2. The van der Waals surface area contributed by atoms with E-state index < -0.39 is 6.36 Å². The van der Waals surface area contributed by atoms with Gasteiger partial charge < -0.3 is 4.74 Å². The molecule has 0 fully saturated rings. The first kappa shape index (κ1) is 13.2. The summed E-state index contributed by atoms with van der Waals surface area (Å²) in [5.74, 6) is -0.0619. The highest BCUT2D eigenvalue weighted by atomic mass is 19.4. The molecule has 0 N–H and O–H groups in total. The van der Waals surface area contributed by atoms with Crippen molar-refractivity contribution in [1.82, 2.24) is 0 Å². The lowest BCUT2D eigenvalue weighted by Gasteiger charge is -2.20. The van der Waals surface area contributed by atoms with Crippen molar-refractivity contribution < 1.29 is 17.9 Å². The molecule has 16 heavy (non-hydrogen) atoms. The zero-order chi connectivity index (χ0) is 12.7. The first-order chi connectivity index (χ1) is 7.15. The van der Waals surface area contributed by atoms with Gasteiger partial charge in [-0.3, -0.25) is 0 Å². The summed E-state index contributed by atoms with van der Waals surface area (Å²) in [6, 6.07) is 0. The Labute approximate surface area is 97.2 Å². The molecular weight excluding hydrogens is 211 g/mol. The third-order valence-electron chi connectivity index (χ3n) is 3.15. The third kappa shape index (κ3) is 2.44. The van der Waals surface area contributed by atoms with Gasteiger partial charge >= 0.3 is 6.36 Å². The monoisotopic (exact) mass is 222 g/mol. The molecule has 0 bridgehead atoms. The van der Waals surface area contributed by atoms with Crippen molar-refractivity contribution in [3.63, 3.8) is 0 Å². The fraction of sp³-hybridized carbons (Fsp3) is 0.143. The van der Waals surface area contributed by atoms with Crippen LogP contribution in [0.25, 0.3) is 0 Å². The molecule has 9 heteroatoms. The Bertz CT molecular complexity index is 402. The molecule has 0 saturated heterocycles. The number of halogens is 3. The van der Waals surface area contributed by atoms with Crippen LogP contribution in [0.3, 0.4) is 0 Å². The van der Waals surface area contributed by atoms with Crippen LogP contribution in [0.15, 0.2) is 0 Å². The Balaban J connectivity index is 3.40. The average molecular weight is 221 g/mol. The molecule has 1 nitrogen and oxygen atoms in total. The van der Waals surface area contributed by atoms with Gasteiger partial charge in [0.25, 0.3) is 0 Å². The Morgan fingerprint density at radius 1 is 0.688 bits per heavy atom. The first-order valence-corrected chi connectivity index (χ1v) is 4.98. The molecule has 0 aromatic heterocycles. The van der Waals surface area contributed by atoms with Gasteiger partial charge in [-0.1, -0.05) is 21.9 Å². The van der Waals surface area contributed by atoms with Gasteiger partial charge in [-0.05, 0) is 0 Å². The van der Waals surface area contributed by atoms with E-state index in [2.05, 4.69) is 4.74 Å². The highest BCUT2D eigenvalue weighted by molar-refractivity contribution is 6.67. The summed E-state index contributed by atoms with van der Waals surface area (Å²) in [4.78, 5) is 0. The van der Waals surface area contributed by atoms with Crippen molar-refractivity contribution in [3.8, 4) is 5.75 Å². The number of hydrogen-bond donors (Lipinski definition) is 0. The molecule has 0 atom stereocenters. The Kier molecular flexibility index (Phi) is 3.45. The minimum Gasteiger partial charge on any atom is -0.407 e. The van der Waals surface area contributed by atoms with Crippen molar-refractivity contribution >= 4 is 66.5 Å². The van der Waals surface area contributed by atoms with Gasteiger partial charge in [-0.25, -0.2) is 0 Å². The summed E-state index contributed by atoms with van der Waals surface area (Å²) in [6.07, 6.45) is -4.64. The van der Waals surface area contributed by atoms with Gasteiger partial charge in [0.05, 0.1) is 0 Å². The predicted octanol–water partition coefficient (Wildman–Crippen LogP) is -6.12. The van der Waals surface area contributed by atoms with Crippen molar-refractivity contribution in [2.45, 2.75) is 6.36 Å². The summed E-state index contributed by atoms with van der Waals surface area (Å²) in [6.45, 7) is 0. The molecule has 0 aliphatic rings. The van der Waals surface area contributed by atoms with Gasteiger partial charge in [0.1, 0.15) is 45.0 Å². The second-order valence-corrected chi connectivity index (χ2v) is 4.00. The topological polar surface area (TPSA) is 9.23 Å². The van der Waals surface area contributed by atoms with Crippen LogP contribution in [0.4, 0.5) is 13.2 Å². The van der Waals surface area contributed by atoms with E-state index in [0.717, 1.165) is 16.4 Å². The minimum absolute atomic E-state index is 0.0619. The Morgan fingerprint density at radius 3 is 1.31 bits per heavy atom. The number of ether oxygens (including phenoxy) is 1. The molecule has 0 amide bonds. The fourth-order valence-corrected chi connectivity index (χ4v) is 1.73. The predicted molar refractivity (Wildman–Crippen MR) is 74.0 cm³/mol. The van der Waals surface area contributed by atoms with Crippen LogP contribution in [0.2, 0.25) is 0 Å². The van der Waals surface area contributed by atoms with E-state index in [-0.39, 0.29) is 5.75 Å². The van der Waals surface area contributed by atoms with E-state index in [4.69, 9.17) is 0 Å². The lowest BCUT2D eigenvalue weighted by atomic mass is 9.62. The second-order valence-electron chi connectivity index (χ2n) is 4.00. The molecule has 0 saturated carbocycles. The maximum absolute atomic E-state index is 12.2. The van der Waals surface area contributed by atoms with Crippen molar-refractivity contribution in [3.05, 3.63) is 0 Å². The smallest absolute Gasteiger partial charge is 0.407 e. The fourth-order valence-electron chi connectivity index (χ4n) is 1.73. The molecule has 80 valence electrons. The lowest BCUT2D eigenvalue weighted by molar-refractivity contribution is -0.273. The Hall–Kier alpha value is -0.865. The lowest BCUT2D eigenvalue weighted by Crippen LogP contribution is -2.55. The number of hydrogen-bond acceptors (Lipinski definition) is 1. The molecule has 0 unspecified atom stereocenters. The van der Waals surface area contributed by atoms with Gasteiger partial charge in [-0.2, -0.15) is 0 Å². The van der Waals surface area contributed by atoms with Gasteiger partial charge in [-0.15, -0.1) is 18.6 Å². The van der Waals surface area contributed by atoms with Crippen molar-refractivity contribution in [2.75, 3.05) is 0 Å². The highest BCUT2D eigenvalue weighted by Crippen LogP contribution is 2.17. The van der Waals surface area contributed by atoms with Crippen LogP contribution < -0.4 is 32.1 Å². The number of rotatable bonds is 1. The van der Waals surface area contributed by atoms with Crippen LogP contribution in [0.1, 0.15) is 0 Å². The van der Waals surface area contributed by atoms with Crippen LogP contribution in [0, 0.1) is 0 Å². The Morgan fingerprint density at radius 2 is 1.00 bits per heavy atom.